The summed E-state index contributed by atoms with van der Waals surface area (Å²) in [5.74, 6) is 1.69. The molecule has 0 saturated heterocycles. The number of anilines is 2. The number of ether oxygens (including phenoxy) is 1. The van der Waals surface area contributed by atoms with Gasteiger partial charge in [-0.2, -0.15) is 0 Å². The molecular weight excluding hydrogens is 252 g/mol. The van der Waals surface area contributed by atoms with E-state index in [1.165, 1.54) is 0 Å². The van der Waals surface area contributed by atoms with E-state index in [0.717, 1.165) is 49.9 Å². The molecule has 0 aliphatic carbocycles. The van der Waals surface area contributed by atoms with Crippen molar-refractivity contribution in [2.75, 3.05) is 43.8 Å². The molecule has 20 heavy (non-hydrogen) atoms. The Hall–Kier alpha value is -1.75. The van der Waals surface area contributed by atoms with Crippen molar-refractivity contribution in [3.8, 4) is 5.75 Å². The maximum Gasteiger partial charge on any atom is 0.146 e. The highest BCUT2D eigenvalue weighted by Crippen LogP contribution is 2.29. The molecule has 1 aromatic carbocycles. The van der Waals surface area contributed by atoms with Crippen LogP contribution in [-0.2, 0) is 0 Å². The number of rotatable bonds is 6. The van der Waals surface area contributed by atoms with Crippen LogP contribution in [0.4, 0.5) is 11.4 Å². The minimum Gasteiger partial charge on any atom is -0.483 e. The van der Waals surface area contributed by atoms with Gasteiger partial charge >= 0.3 is 0 Å². The number of benzene rings is 1. The second-order valence-corrected chi connectivity index (χ2v) is 4.88. The molecule has 5 nitrogen and oxygen atoms in total. The van der Waals surface area contributed by atoms with Crippen LogP contribution < -0.4 is 15.8 Å². The highest BCUT2D eigenvalue weighted by molar-refractivity contribution is 5.99. The number of hydrogen-bond donors (Lipinski definition) is 2. The summed E-state index contributed by atoms with van der Waals surface area (Å²) in [4.78, 5) is 6.97. The van der Waals surface area contributed by atoms with Crippen LogP contribution in [0.15, 0.2) is 23.2 Å². The van der Waals surface area contributed by atoms with Crippen LogP contribution in [0.2, 0.25) is 0 Å². The smallest absolute Gasteiger partial charge is 0.146 e. The van der Waals surface area contributed by atoms with Crippen molar-refractivity contribution < 1.29 is 4.74 Å². The summed E-state index contributed by atoms with van der Waals surface area (Å²) in [6, 6.07) is 5.62. The summed E-state index contributed by atoms with van der Waals surface area (Å²) in [5, 5.41) is 3.30. The van der Waals surface area contributed by atoms with Gasteiger partial charge in [0.2, 0.25) is 0 Å². The molecule has 1 aromatic rings. The van der Waals surface area contributed by atoms with Gasteiger partial charge in [0.05, 0.1) is 5.69 Å². The predicted octanol–water partition coefficient (Wildman–Crippen LogP) is 2.20. The Labute approximate surface area is 120 Å². The molecule has 2 rings (SSSR count). The van der Waals surface area contributed by atoms with E-state index in [0.29, 0.717) is 12.3 Å². The van der Waals surface area contributed by atoms with Crippen molar-refractivity contribution in [3.63, 3.8) is 0 Å². The molecule has 0 saturated carbocycles. The van der Waals surface area contributed by atoms with Crippen LogP contribution in [0, 0.1) is 0 Å². The average Bonchev–Trinajstić information content (AvgIpc) is 2.47. The van der Waals surface area contributed by atoms with Crippen molar-refractivity contribution >= 4 is 17.2 Å². The standard InChI is InChI=1S/C15H24N4O/c1-3-19(4-2)9-5-8-17-15-11-20-14-10-12(16)6-7-13(14)18-15/h6-7,10H,3-5,8-9,11,16H2,1-2H3,(H,17,18). The van der Waals surface area contributed by atoms with E-state index in [9.17, 15) is 0 Å². The summed E-state index contributed by atoms with van der Waals surface area (Å²) in [6.45, 7) is 8.99. The van der Waals surface area contributed by atoms with Gasteiger partial charge in [-0.25, -0.2) is 0 Å². The summed E-state index contributed by atoms with van der Waals surface area (Å²) in [5.41, 5.74) is 7.38. The van der Waals surface area contributed by atoms with Gasteiger partial charge in [0.15, 0.2) is 0 Å². The van der Waals surface area contributed by atoms with Gasteiger partial charge < -0.3 is 20.7 Å². The van der Waals surface area contributed by atoms with Gasteiger partial charge in [-0.15, -0.1) is 0 Å². The van der Waals surface area contributed by atoms with Crippen molar-refractivity contribution in [3.05, 3.63) is 18.2 Å². The molecule has 0 bridgehead atoms. The number of amidine groups is 1. The number of nitrogens with two attached hydrogens (primary N) is 1. The van der Waals surface area contributed by atoms with Gasteiger partial charge in [-0.3, -0.25) is 4.99 Å². The number of aliphatic imine (C=N–C) groups is 1. The first-order valence-electron chi connectivity index (χ1n) is 7.28. The highest BCUT2D eigenvalue weighted by atomic mass is 16.5. The summed E-state index contributed by atoms with van der Waals surface area (Å²) < 4.78 is 5.65. The summed E-state index contributed by atoms with van der Waals surface area (Å²) in [6.07, 6.45) is 1.07. The van der Waals surface area contributed by atoms with E-state index in [2.05, 4.69) is 29.1 Å². The van der Waals surface area contributed by atoms with Gasteiger partial charge in [0, 0.05) is 18.3 Å². The van der Waals surface area contributed by atoms with Gasteiger partial charge in [-0.1, -0.05) is 13.8 Å². The number of nitrogens with one attached hydrogen (secondary N) is 1. The van der Waals surface area contributed by atoms with Crippen molar-refractivity contribution in [1.29, 1.82) is 0 Å². The van der Waals surface area contributed by atoms with E-state index in [-0.39, 0.29) is 0 Å². The molecular formula is C15H24N4O. The molecule has 1 heterocycles. The number of fused-ring (bicyclic) bond motifs is 1. The molecule has 0 spiro atoms. The van der Waals surface area contributed by atoms with Crippen LogP contribution in [-0.4, -0.2) is 43.5 Å². The zero-order valence-electron chi connectivity index (χ0n) is 12.4. The van der Waals surface area contributed by atoms with Crippen LogP contribution >= 0.6 is 0 Å². The lowest BCUT2D eigenvalue weighted by Gasteiger charge is -2.21. The Kier molecular flexibility index (Phi) is 5.24. The normalized spacial score (nSPS) is 15.8. The molecule has 1 aliphatic heterocycles. The molecule has 110 valence electrons. The molecule has 5 heteroatoms. The lowest BCUT2D eigenvalue weighted by molar-refractivity contribution is 0.301. The third-order valence-corrected chi connectivity index (χ3v) is 3.48. The minimum atomic E-state index is 0.488. The number of nitrogens with zero attached hydrogens (tertiary/aromatic N) is 2. The van der Waals surface area contributed by atoms with Gasteiger partial charge in [-0.05, 0) is 38.2 Å². The van der Waals surface area contributed by atoms with Crippen LogP contribution in [0.1, 0.15) is 20.3 Å². The summed E-state index contributed by atoms with van der Waals surface area (Å²) >= 11 is 0. The fourth-order valence-electron chi connectivity index (χ4n) is 2.23. The third-order valence-electron chi connectivity index (χ3n) is 3.48. The second kappa shape index (κ2) is 7.14. The maximum atomic E-state index is 5.73. The van der Waals surface area contributed by atoms with Crippen LogP contribution in [0.25, 0.3) is 0 Å². The van der Waals surface area contributed by atoms with Gasteiger partial charge in [0.25, 0.3) is 0 Å². The number of hydrogen-bond acceptors (Lipinski definition) is 4. The quantitative estimate of drug-likeness (QED) is 0.617. The molecule has 0 unspecified atom stereocenters. The molecule has 0 amide bonds. The Bertz CT molecular complexity index is 469. The first kappa shape index (κ1) is 14.7. The molecule has 3 N–H and O–H groups in total. The van der Waals surface area contributed by atoms with Gasteiger partial charge in [0.1, 0.15) is 18.2 Å². The first-order chi connectivity index (χ1) is 9.72. The Morgan fingerprint density at radius 3 is 2.90 bits per heavy atom. The maximum absolute atomic E-state index is 5.73. The first-order valence-corrected chi connectivity index (χ1v) is 7.28. The van der Waals surface area contributed by atoms with Crippen molar-refractivity contribution in [2.45, 2.75) is 20.3 Å². The zero-order chi connectivity index (χ0) is 14.4. The van der Waals surface area contributed by atoms with E-state index in [1.54, 1.807) is 0 Å². The van der Waals surface area contributed by atoms with Crippen LogP contribution in [0.3, 0.4) is 0 Å². The Morgan fingerprint density at radius 1 is 1.35 bits per heavy atom. The minimum absolute atomic E-state index is 0.488. The van der Waals surface area contributed by atoms with Crippen LogP contribution in [0.5, 0.6) is 5.75 Å². The molecule has 0 radical (unpaired) electrons. The Morgan fingerprint density at radius 2 is 2.15 bits per heavy atom. The SMILES string of the molecule is CCN(CC)CCCN=C1COc2cc(N)ccc2N1. The van der Waals surface area contributed by atoms with E-state index in [1.807, 2.05) is 18.2 Å². The molecule has 0 aromatic heterocycles. The molecule has 1 aliphatic rings. The molecule has 0 fully saturated rings. The highest BCUT2D eigenvalue weighted by Gasteiger charge is 2.14. The monoisotopic (exact) mass is 276 g/mol. The van der Waals surface area contributed by atoms with Crippen molar-refractivity contribution in [1.82, 2.24) is 4.90 Å². The second-order valence-electron chi connectivity index (χ2n) is 4.88. The fourth-order valence-corrected chi connectivity index (χ4v) is 2.23. The fraction of sp³-hybridized carbons (Fsp3) is 0.533. The molecule has 0 atom stereocenters. The van der Waals surface area contributed by atoms with E-state index >= 15 is 0 Å². The average molecular weight is 276 g/mol. The lowest BCUT2D eigenvalue weighted by Crippen LogP contribution is -2.27. The zero-order valence-corrected chi connectivity index (χ0v) is 12.4. The van der Waals surface area contributed by atoms with E-state index < -0.39 is 0 Å². The largest absolute Gasteiger partial charge is 0.483 e. The summed E-state index contributed by atoms with van der Waals surface area (Å²) in [7, 11) is 0. The van der Waals surface area contributed by atoms with Crippen molar-refractivity contribution in [2.24, 2.45) is 4.99 Å². The predicted molar refractivity (Wildman–Crippen MR) is 84.7 cm³/mol. The topological polar surface area (TPSA) is 62.9 Å². The number of nitrogen functional groups attached to an aromatic ring is 1. The third kappa shape index (κ3) is 3.87. The van der Waals surface area contributed by atoms with E-state index in [4.69, 9.17) is 10.5 Å². The lowest BCUT2D eigenvalue weighted by atomic mass is 10.2. The Balaban J connectivity index is 1.83.